The molecule has 0 fully saturated rings. The highest BCUT2D eigenvalue weighted by Gasteiger charge is 2.60. The molecule has 0 aromatic heterocycles. The molecule has 1 atom stereocenters. The van der Waals surface area contributed by atoms with Crippen LogP contribution in [0.3, 0.4) is 0 Å². The number of carbonyl (C=O) groups is 1. The highest BCUT2D eigenvalue weighted by atomic mass is 35.5. The van der Waals surface area contributed by atoms with Gasteiger partial charge in [-0.05, 0) is 40.5 Å². The van der Waals surface area contributed by atoms with Crippen molar-refractivity contribution in [1.82, 2.24) is 4.90 Å². The SMILES string of the molecule is CN(C)C(=O)c1ccc(-c2ccc3c(c2)C(O)(C(F)(F)F)c2ccccc2-3)cc1Cl. The van der Waals surface area contributed by atoms with E-state index in [9.17, 15) is 23.1 Å². The van der Waals surface area contributed by atoms with Crippen molar-refractivity contribution in [2.24, 2.45) is 0 Å². The number of halogens is 4. The second kappa shape index (κ2) is 6.86. The van der Waals surface area contributed by atoms with Crippen LogP contribution in [0.25, 0.3) is 22.3 Å². The average molecular weight is 432 g/mol. The van der Waals surface area contributed by atoms with Gasteiger partial charge in [0, 0.05) is 25.2 Å². The van der Waals surface area contributed by atoms with E-state index in [0.717, 1.165) is 0 Å². The largest absolute Gasteiger partial charge is 0.425 e. The van der Waals surface area contributed by atoms with Crippen LogP contribution in [0.4, 0.5) is 13.2 Å². The fraction of sp³-hybridized carbons (Fsp3) is 0.174. The molecule has 0 spiro atoms. The van der Waals surface area contributed by atoms with Gasteiger partial charge in [-0.15, -0.1) is 0 Å². The third-order valence-corrected chi connectivity index (χ3v) is 5.68. The topological polar surface area (TPSA) is 40.5 Å². The van der Waals surface area contributed by atoms with E-state index in [1.807, 2.05) is 0 Å². The normalized spacial score (nSPS) is 17.4. The van der Waals surface area contributed by atoms with Crippen LogP contribution in [0.2, 0.25) is 5.02 Å². The minimum Gasteiger partial charge on any atom is -0.372 e. The first kappa shape index (κ1) is 20.4. The van der Waals surface area contributed by atoms with Crippen molar-refractivity contribution < 1.29 is 23.1 Å². The molecule has 3 nitrogen and oxygen atoms in total. The van der Waals surface area contributed by atoms with Gasteiger partial charge in [-0.3, -0.25) is 4.79 Å². The summed E-state index contributed by atoms with van der Waals surface area (Å²) < 4.78 is 42.0. The summed E-state index contributed by atoms with van der Waals surface area (Å²) in [5.41, 5.74) is -1.53. The fourth-order valence-electron chi connectivity index (χ4n) is 3.85. The zero-order valence-corrected chi connectivity index (χ0v) is 16.8. The molecular formula is C23H17ClF3NO2. The number of rotatable bonds is 2. The molecule has 1 aliphatic rings. The Balaban J connectivity index is 1.86. The van der Waals surface area contributed by atoms with Gasteiger partial charge in [0.15, 0.2) is 0 Å². The quantitative estimate of drug-likeness (QED) is 0.583. The first-order chi connectivity index (χ1) is 14.1. The number of hydrogen-bond donors (Lipinski definition) is 1. The van der Waals surface area contributed by atoms with Gasteiger partial charge < -0.3 is 10.0 Å². The Morgan fingerprint density at radius 3 is 2.17 bits per heavy atom. The van der Waals surface area contributed by atoms with Gasteiger partial charge in [0.1, 0.15) is 0 Å². The van der Waals surface area contributed by atoms with E-state index in [4.69, 9.17) is 11.6 Å². The smallest absolute Gasteiger partial charge is 0.372 e. The van der Waals surface area contributed by atoms with Crippen molar-refractivity contribution in [3.05, 3.63) is 82.4 Å². The molecule has 0 saturated heterocycles. The van der Waals surface area contributed by atoms with E-state index in [0.29, 0.717) is 27.8 Å². The predicted molar refractivity (Wildman–Crippen MR) is 109 cm³/mol. The van der Waals surface area contributed by atoms with Crippen molar-refractivity contribution in [2.75, 3.05) is 14.1 Å². The van der Waals surface area contributed by atoms with Gasteiger partial charge in [-0.2, -0.15) is 13.2 Å². The van der Waals surface area contributed by atoms with Crippen molar-refractivity contribution in [3.63, 3.8) is 0 Å². The van der Waals surface area contributed by atoms with E-state index < -0.39 is 11.8 Å². The van der Waals surface area contributed by atoms with Crippen LogP contribution < -0.4 is 0 Å². The summed E-state index contributed by atoms with van der Waals surface area (Å²) in [7, 11) is 3.20. The van der Waals surface area contributed by atoms with Gasteiger partial charge in [0.25, 0.3) is 5.91 Å². The molecular weight excluding hydrogens is 415 g/mol. The Morgan fingerprint density at radius 1 is 0.933 bits per heavy atom. The van der Waals surface area contributed by atoms with Gasteiger partial charge in [0.05, 0.1) is 10.6 Å². The molecule has 0 bridgehead atoms. The lowest BCUT2D eigenvalue weighted by atomic mass is 9.89. The summed E-state index contributed by atoms with van der Waals surface area (Å²) >= 11 is 6.26. The molecule has 1 amide bonds. The lowest BCUT2D eigenvalue weighted by Gasteiger charge is -2.28. The van der Waals surface area contributed by atoms with E-state index in [2.05, 4.69) is 0 Å². The first-order valence-electron chi connectivity index (χ1n) is 9.11. The Labute approximate surface area is 176 Å². The number of benzene rings is 3. The van der Waals surface area contributed by atoms with Gasteiger partial charge in [-0.1, -0.05) is 54.1 Å². The number of hydrogen-bond acceptors (Lipinski definition) is 2. The first-order valence-corrected chi connectivity index (χ1v) is 9.48. The fourth-order valence-corrected chi connectivity index (χ4v) is 4.11. The van der Waals surface area contributed by atoms with Crippen LogP contribution in [0.1, 0.15) is 21.5 Å². The molecule has 3 aromatic carbocycles. The van der Waals surface area contributed by atoms with Crippen LogP contribution in [0.15, 0.2) is 60.7 Å². The van der Waals surface area contributed by atoms with Crippen molar-refractivity contribution in [1.29, 1.82) is 0 Å². The number of alkyl halides is 3. The molecule has 1 N–H and O–H groups in total. The van der Waals surface area contributed by atoms with Gasteiger partial charge in [-0.25, -0.2) is 0 Å². The van der Waals surface area contributed by atoms with Gasteiger partial charge in [0.2, 0.25) is 5.60 Å². The number of nitrogens with zero attached hydrogens (tertiary/aromatic N) is 1. The number of fused-ring (bicyclic) bond motifs is 3. The third kappa shape index (κ3) is 2.90. The zero-order valence-electron chi connectivity index (χ0n) is 16.1. The van der Waals surface area contributed by atoms with E-state index in [1.54, 1.807) is 44.4 Å². The van der Waals surface area contributed by atoms with Crippen LogP contribution in [0.5, 0.6) is 0 Å². The lowest BCUT2D eigenvalue weighted by Crippen LogP contribution is -2.41. The second-order valence-electron chi connectivity index (χ2n) is 7.41. The maximum absolute atomic E-state index is 14.0. The van der Waals surface area contributed by atoms with Crippen LogP contribution >= 0.6 is 11.6 Å². The summed E-state index contributed by atoms with van der Waals surface area (Å²) in [6.45, 7) is 0. The standard InChI is InChI=1S/C23H17ClF3NO2/c1-28(2)21(29)17-10-8-14(12-20(17)24)13-7-9-16-15-5-3-4-6-18(15)22(30,19(16)11-13)23(25,26)27/h3-12,30H,1-2H3. The van der Waals surface area contributed by atoms with Crippen LogP contribution in [-0.2, 0) is 5.60 Å². The molecule has 0 radical (unpaired) electrons. The molecule has 7 heteroatoms. The zero-order chi connectivity index (χ0) is 21.8. The molecule has 1 unspecified atom stereocenters. The minimum atomic E-state index is -4.90. The van der Waals surface area contributed by atoms with E-state index in [1.165, 1.54) is 35.2 Å². The minimum absolute atomic E-state index is 0.186. The molecule has 0 heterocycles. The number of carbonyl (C=O) groups excluding carboxylic acids is 1. The number of amides is 1. The highest BCUT2D eigenvalue weighted by Crippen LogP contribution is 2.55. The Kier molecular flexibility index (Phi) is 4.67. The molecule has 0 aliphatic heterocycles. The summed E-state index contributed by atoms with van der Waals surface area (Å²) in [5.74, 6) is -0.276. The predicted octanol–water partition coefficient (Wildman–Crippen LogP) is 5.49. The Morgan fingerprint density at radius 2 is 1.53 bits per heavy atom. The summed E-state index contributed by atoms with van der Waals surface area (Å²) in [5, 5.41) is 11.0. The van der Waals surface area contributed by atoms with E-state index in [-0.39, 0.29) is 22.1 Å². The van der Waals surface area contributed by atoms with Crippen molar-refractivity contribution in [3.8, 4) is 22.3 Å². The molecule has 4 rings (SSSR count). The van der Waals surface area contributed by atoms with E-state index >= 15 is 0 Å². The summed E-state index contributed by atoms with van der Waals surface area (Å²) in [6, 6.07) is 15.3. The Hall–Kier alpha value is -2.83. The molecule has 1 aliphatic carbocycles. The van der Waals surface area contributed by atoms with Crippen molar-refractivity contribution >= 4 is 17.5 Å². The monoisotopic (exact) mass is 431 g/mol. The molecule has 0 saturated carbocycles. The maximum Gasteiger partial charge on any atom is 0.425 e. The Bertz CT molecular complexity index is 1170. The second-order valence-corrected chi connectivity index (χ2v) is 7.82. The number of aliphatic hydroxyl groups is 1. The third-order valence-electron chi connectivity index (χ3n) is 5.37. The average Bonchev–Trinajstić information content (AvgIpc) is 2.97. The van der Waals surface area contributed by atoms with Crippen LogP contribution in [-0.4, -0.2) is 36.2 Å². The van der Waals surface area contributed by atoms with Gasteiger partial charge >= 0.3 is 6.18 Å². The molecule has 3 aromatic rings. The van der Waals surface area contributed by atoms with Crippen molar-refractivity contribution in [2.45, 2.75) is 11.8 Å². The summed E-state index contributed by atoms with van der Waals surface area (Å²) in [6.07, 6.45) is -4.90. The lowest BCUT2D eigenvalue weighted by molar-refractivity contribution is -0.246. The van der Waals surface area contributed by atoms with Crippen LogP contribution in [0, 0.1) is 0 Å². The highest BCUT2D eigenvalue weighted by molar-refractivity contribution is 6.34. The summed E-state index contributed by atoms with van der Waals surface area (Å²) in [4.78, 5) is 13.6. The molecule has 154 valence electrons. The maximum atomic E-state index is 14.0. The molecule has 30 heavy (non-hydrogen) atoms.